The smallest absolute Gasteiger partial charge is 0.0625 e. The van der Waals surface area contributed by atoms with Crippen molar-refractivity contribution in [2.45, 2.75) is 12.5 Å². The largest absolute Gasteiger partial charge is 0.378 e. The van der Waals surface area contributed by atoms with Crippen LogP contribution in [0.25, 0.3) is 0 Å². The van der Waals surface area contributed by atoms with Crippen LogP contribution >= 0.6 is 0 Å². The number of morpholine rings is 1. The molecule has 0 amide bonds. The fourth-order valence-electron chi connectivity index (χ4n) is 3.10. The van der Waals surface area contributed by atoms with Crippen LogP contribution < -0.4 is 11.5 Å². The number of hydrogen-bond acceptors (Lipinski definition) is 5. The van der Waals surface area contributed by atoms with E-state index in [1.807, 2.05) is 0 Å². The first-order valence-electron chi connectivity index (χ1n) is 6.79. The van der Waals surface area contributed by atoms with Crippen molar-refractivity contribution in [3.63, 3.8) is 0 Å². The molecule has 2 fully saturated rings. The molecule has 4 N–H and O–H groups in total. The lowest BCUT2D eigenvalue weighted by Crippen LogP contribution is -2.51. The predicted molar refractivity (Wildman–Crippen MR) is 68.8 cm³/mol. The topological polar surface area (TPSA) is 67.8 Å². The molecule has 0 radical (unpaired) electrons. The molecule has 0 aromatic carbocycles. The van der Waals surface area contributed by atoms with Gasteiger partial charge in [-0.25, -0.2) is 0 Å². The SMILES string of the molecule is NCCN1CCC(C2COCCN2CCN)C1. The lowest BCUT2D eigenvalue weighted by atomic mass is 9.97. The number of nitrogens with two attached hydrogens (primary N) is 2. The molecule has 0 aromatic heterocycles. The molecule has 0 aliphatic carbocycles. The Labute approximate surface area is 104 Å². The van der Waals surface area contributed by atoms with Crippen LogP contribution in [0.15, 0.2) is 0 Å². The fraction of sp³-hybridized carbons (Fsp3) is 1.00. The zero-order chi connectivity index (χ0) is 12.1. The fourth-order valence-corrected chi connectivity index (χ4v) is 3.10. The van der Waals surface area contributed by atoms with Gasteiger partial charge >= 0.3 is 0 Å². The van der Waals surface area contributed by atoms with Crippen molar-refractivity contribution in [1.82, 2.24) is 9.80 Å². The summed E-state index contributed by atoms with van der Waals surface area (Å²) in [6.45, 7) is 8.67. The highest BCUT2D eigenvalue weighted by molar-refractivity contribution is 4.88. The van der Waals surface area contributed by atoms with E-state index < -0.39 is 0 Å². The summed E-state index contributed by atoms with van der Waals surface area (Å²) < 4.78 is 5.64. The van der Waals surface area contributed by atoms with E-state index in [1.54, 1.807) is 0 Å². The average Bonchev–Trinajstić information content (AvgIpc) is 2.79. The molecule has 2 saturated heterocycles. The van der Waals surface area contributed by atoms with Crippen LogP contribution in [0, 0.1) is 5.92 Å². The minimum atomic E-state index is 0.565. The van der Waals surface area contributed by atoms with E-state index in [9.17, 15) is 0 Å². The van der Waals surface area contributed by atoms with Crippen LogP contribution in [0.1, 0.15) is 6.42 Å². The number of hydrogen-bond donors (Lipinski definition) is 2. The van der Waals surface area contributed by atoms with Crippen LogP contribution in [0.3, 0.4) is 0 Å². The second kappa shape index (κ2) is 6.66. The Kier molecular flexibility index (Phi) is 5.18. The summed E-state index contributed by atoms with van der Waals surface area (Å²) in [7, 11) is 0. The standard InChI is InChI=1S/C12H26N4O/c13-2-5-15-4-1-11(9-15)12-10-17-8-7-16(12)6-3-14/h11-12H,1-10,13-14H2. The van der Waals surface area contributed by atoms with Crippen LogP contribution in [0.4, 0.5) is 0 Å². The zero-order valence-corrected chi connectivity index (χ0v) is 10.7. The molecule has 17 heavy (non-hydrogen) atoms. The first-order valence-corrected chi connectivity index (χ1v) is 6.79. The Morgan fingerprint density at radius 1 is 1.12 bits per heavy atom. The Bertz CT molecular complexity index is 225. The lowest BCUT2D eigenvalue weighted by molar-refractivity contribution is -0.0268. The first-order chi connectivity index (χ1) is 8.35. The quantitative estimate of drug-likeness (QED) is 0.642. The first kappa shape index (κ1) is 13.2. The van der Waals surface area contributed by atoms with Gasteiger partial charge in [0.05, 0.1) is 13.2 Å². The summed E-state index contributed by atoms with van der Waals surface area (Å²) in [5, 5.41) is 0. The number of nitrogens with zero attached hydrogens (tertiary/aromatic N) is 2. The molecule has 5 heteroatoms. The molecular formula is C12H26N4O. The molecule has 0 aromatic rings. The lowest BCUT2D eigenvalue weighted by Gasteiger charge is -2.38. The summed E-state index contributed by atoms with van der Waals surface area (Å²) in [6.07, 6.45) is 1.27. The molecule has 2 rings (SSSR count). The van der Waals surface area contributed by atoms with E-state index in [1.165, 1.54) is 19.5 Å². The van der Waals surface area contributed by atoms with Crippen molar-refractivity contribution in [1.29, 1.82) is 0 Å². The van der Waals surface area contributed by atoms with E-state index in [4.69, 9.17) is 16.2 Å². The Balaban J connectivity index is 1.86. The molecule has 0 spiro atoms. The third kappa shape index (κ3) is 3.39. The normalized spacial score (nSPS) is 32.1. The Morgan fingerprint density at radius 3 is 2.71 bits per heavy atom. The molecule has 2 aliphatic rings. The average molecular weight is 242 g/mol. The molecule has 0 bridgehead atoms. The van der Waals surface area contributed by atoms with Gasteiger partial charge in [-0.2, -0.15) is 0 Å². The molecule has 2 aliphatic heterocycles. The van der Waals surface area contributed by atoms with E-state index in [-0.39, 0.29) is 0 Å². The van der Waals surface area contributed by atoms with Crippen molar-refractivity contribution in [3.05, 3.63) is 0 Å². The third-order valence-electron chi connectivity index (χ3n) is 4.00. The van der Waals surface area contributed by atoms with Crippen LogP contribution in [0.5, 0.6) is 0 Å². The Morgan fingerprint density at radius 2 is 1.94 bits per heavy atom. The number of ether oxygens (including phenoxy) is 1. The van der Waals surface area contributed by atoms with Gasteiger partial charge in [-0.3, -0.25) is 4.90 Å². The summed E-state index contributed by atoms with van der Waals surface area (Å²) >= 11 is 0. The second-order valence-electron chi connectivity index (χ2n) is 5.10. The van der Waals surface area contributed by atoms with Crippen LogP contribution in [0.2, 0.25) is 0 Å². The van der Waals surface area contributed by atoms with E-state index in [0.29, 0.717) is 6.04 Å². The van der Waals surface area contributed by atoms with Gasteiger partial charge in [-0.05, 0) is 18.9 Å². The second-order valence-corrected chi connectivity index (χ2v) is 5.10. The van der Waals surface area contributed by atoms with E-state index >= 15 is 0 Å². The van der Waals surface area contributed by atoms with Crippen molar-refractivity contribution < 1.29 is 4.74 Å². The van der Waals surface area contributed by atoms with Gasteiger partial charge in [0.1, 0.15) is 0 Å². The molecule has 2 heterocycles. The van der Waals surface area contributed by atoms with Gasteiger partial charge in [-0.15, -0.1) is 0 Å². The van der Waals surface area contributed by atoms with Crippen LogP contribution in [-0.2, 0) is 4.74 Å². The summed E-state index contributed by atoms with van der Waals surface area (Å²) in [5.74, 6) is 0.730. The summed E-state index contributed by atoms with van der Waals surface area (Å²) in [4.78, 5) is 4.99. The molecule has 0 saturated carbocycles. The third-order valence-corrected chi connectivity index (χ3v) is 4.00. The van der Waals surface area contributed by atoms with Gasteiger partial charge in [0.25, 0.3) is 0 Å². The van der Waals surface area contributed by atoms with Crippen molar-refractivity contribution in [2.75, 3.05) is 59.0 Å². The monoisotopic (exact) mass is 242 g/mol. The van der Waals surface area contributed by atoms with Gasteiger partial charge in [-0.1, -0.05) is 0 Å². The zero-order valence-electron chi connectivity index (χ0n) is 10.7. The van der Waals surface area contributed by atoms with Crippen LogP contribution in [-0.4, -0.2) is 74.9 Å². The number of likely N-dealkylation sites (tertiary alicyclic amines) is 1. The van der Waals surface area contributed by atoms with E-state index in [2.05, 4.69) is 9.80 Å². The minimum Gasteiger partial charge on any atom is -0.378 e. The van der Waals surface area contributed by atoms with Gasteiger partial charge in [0, 0.05) is 45.3 Å². The highest BCUT2D eigenvalue weighted by atomic mass is 16.5. The summed E-state index contributed by atoms with van der Waals surface area (Å²) in [5.41, 5.74) is 11.3. The summed E-state index contributed by atoms with van der Waals surface area (Å²) in [6, 6.07) is 0.565. The van der Waals surface area contributed by atoms with Crippen molar-refractivity contribution in [3.8, 4) is 0 Å². The van der Waals surface area contributed by atoms with Crippen molar-refractivity contribution >= 4 is 0 Å². The Hall–Kier alpha value is -0.200. The maximum absolute atomic E-state index is 5.69. The molecular weight excluding hydrogens is 216 g/mol. The van der Waals surface area contributed by atoms with Gasteiger partial charge in [0.15, 0.2) is 0 Å². The highest BCUT2D eigenvalue weighted by Crippen LogP contribution is 2.24. The minimum absolute atomic E-state index is 0.565. The molecule has 100 valence electrons. The molecule has 5 nitrogen and oxygen atoms in total. The van der Waals surface area contributed by atoms with Crippen molar-refractivity contribution in [2.24, 2.45) is 17.4 Å². The maximum atomic E-state index is 5.69. The number of rotatable bonds is 5. The molecule has 2 unspecified atom stereocenters. The van der Waals surface area contributed by atoms with E-state index in [0.717, 1.165) is 51.9 Å². The maximum Gasteiger partial charge on any atom is 0.0625 e. The highest BCUT2D eigenvalue weighted by Gasteiger charge is 2.34. The predicted octanol–water partition coefficient (Wildman–Crippen LogP) is -1.07. The molecule has 2 atom stereocenters. The van der Waals surface area contributed by atoms with Gasteiger partial charge < -0.3 is 21.1 Å². The van der Waals surface area contributed by atoms with Gasteiger partial charge in [0.2, 0.25) is 0 Å².